The molecule has 2 aromatic carbocycles. The van der Waals surface area contributed by atoms with Crippen LogP contribution in [0.2, 0.25) is 0 Å². The van der Waals surface area contributed by atoms with Gasteiger partial charge in [0.2, 0.25) is 15.9 Å². The zero-order valence-corrected chi connectivity index (χ0v) is 17.3. The van der Waals surface area contributed by atoms with E-state index in [2.05, 4.69) is 20.7 Å². The molecule has 0 bridgehead atoms. The van der Waals surface area contributed by atoms with Gasteiger partial charge in [-0.1, -0.05) is 29.8 Å². The van der Waals surface area contributed by atoms with Crippen LogP contribution in [0.25, 0.3) is 0 Å². The minimum absolute atomic E-state index is 0.0212. The summed E-state index contributed by atoms with van der Waals surface area (Å²) in [5.74, 6) is -0.0884. The zero-order chi connectivity index (χ0) is 19.1. The van der Waals surface area contributed by atoms with Gasteiger partial charge in [0, 0.05) is 29.7 Å². The number of fused-ring (bicyclic) bond motifs is 1. The number of carbonyl (C=O) groups excluding carboxylic acids is 1. The maximum absolute atomic E-state index is 12.8. The molecule has 26 heavy (non-hydrogen) atoms. The minimum atomic E-state index is -3.72. The number of amides is 1. The highest BCUT2D eigenvalue weighted by Gasteiger charge is 2.31. The Kier molecular flexibility index (Phi) is 5.23. The van der Waals surface area contributed by atoms with E-state index in [1.165, 1.54) is 6.92 Å². The fourth-order valence-corrected chi connectivity index (χ4v) is 5.39. The number of benzene rings is 2. The first kappa shape index (κ1) is 19.1. The Morgan fingerprint density at radius 2 is 1.92 bits per heavy atom. The first-order valence-electron chi connectivity index (χ1n) is 8.36. The van der Waals surface area contributed by atoms with E-state index >= 15 is 0 Å². The molecule has 0 spiro atoms. The number of nitrogens with zero attached hydrogens (tertiary/aromatic N) is 1. The van der Waals surface area contributed by atoms with Gasteiger partial charge in [-0.05, 0) is 59.5 Å². The minimum Gasteiger partial charge on any atom is -0.309 e. The quantitative estimate of drug-likeness (QED) is 0.796. The predicted octanol–water partition coefficient (Wildman–Crippen LogP) is 3.53. The lowest BCUT2D eigenvalue weighted by Gasteiger charge is -2.21. The van der Waals surface area contributed by atoms with Gasteiger partial charge in [-0.2, -0.15) is 0 Å². The number of hydrogen-bond donors (Lipinski definition) is 1. The number of aryl methyl sites for hydroxylation is 1. The number of sulfonamides is 1. The topological polar surface area (TPSA) is 66.5 Å². The number of halogens is 1. The number of nitrogens with one attached hydrogen (secondary N) is 1. The molecule has 0 saturated heterocycles. The highest BCUT2D eigenvalue weighted by molar-refractivity contribution is 9.10. The van der Waals surface area contributed by atoms with Crippen molar-refractivity contribution in [2.75, 3.05) is 4.90 Å². The number of hydrogen-bond acceptors (Lipinski definition) is 3. The molecule has 1 amide bonds. The van der Waals surface area contributed by atoms with Crippen LogP contribution in [0.1, 0.15) is 30.5 Å². The average molecular weight is 437 g/mol. The summed E-state index contributed by atoms with van der Waals surface area (Å²) in [7, 11) is -3.72. The third kappa shape index (κ3) is 3.70. The van der Waals surface area contributed by atoms with Crippen LogP contribution in [0.5, 0.6) is 0 Å². The molecule has 1 N–H and O–H groups in total. The Morgan fingerprint density at radius 3 is 2.54 bits per heavy atom. The normalized spacial score (nSPS) is 16.6. The van der Waals surface area contributed by atoms with Crippen LogP contribution < -0.4 is 9.62 Å². The maximum atomic E-state index is 12.8. The second-order valence-electron chi connectivity index (χ2n) is 6.66. The van der Waals surface area contributed by atoms with Crippen molar-refractivity contribution in [1.82, 2.24) is 4.72 Å². The summed E-state index contributed by atoms with van der Waals surface area (Å²) in [5, 5.41) is 0. The van der Waals surface area contributed by atoms with E-state index in [0.717, 1.165) is 16.7 Å². The van der Waals surface area contributed by atoms with Crippen molar-refractivity contribution in [3.05, 3.63) is 57.6 Å². The van der Waals surface area contributed by atoms with Crippen molar-refractivity contribution in [2.24, 2.45) is 0 Å². The molecular weight excluding hydrogens is 416 g/mol. The molecular formula is C19H21BrN2O3S. The molecule has 1 aliphatic heterocycles. The molecule has 1 unspecified atom stereocenters. The van der Waals surface area contributed by atoms with Crippen LogP contribution >= 0.6 is 15.9 Å². The third-order valence-electron chi connectivity index (χ3n) is 4.56. The Hall–Kier alpha value is -1.70. The van der Waals surface area contributed by atoms with E-state index in [-0.39, 0.29) is 23.4 Å². The van der Waals surface area contributed by atoms with Crippen molar-refractivity contribution in [2.45, 2.75) is 44.7 Å². The SMILES string of the molecule is CC(=O)N1c2cc(S(=O)(=O)NCc3ccc(C)cc3)c(Br)cc2CC1C. The molecule has 0 saturated carbocycles. The summed E-state index contributed by atoms with van der Waals surface area (Å²) in [6.45, 7) is 5.65. The lowest BCUT2D eigenvalue weighted by molar-refractivity contribution is -0.116. The van der Waals surface area contributed by atoms with Crippen molar-refractivity contribution < 1.29 is 13.2 Å². The van der Waals surface area contributed by atoms with E-state index in [0.29, 0.717) is 16.6 Å². The van der Waals surface area contributed by atoms with Gasteiger partial charge in [0.05, 0.1) is 4.90 Å². The number of rotatable bonds is 4. The molecule has 1 aliphatic rings. The smallest absolute Gasteiger partial charge is 0.242 e. The fourth-order valence-electron chi connectivity index (χ4n) is 3.27. The van der Waals surface area contributed by atoms with Gasteiger partial charge in [0.15, 0.2) is 0 Å². The summed E-state index contributed by atoms with van der Waals surface area (Å²) in [6, 6.07) is 11.1. The fraction of sp³-hybridized carbons (Fsp3) is 0.316. The van der Waals surface area contributed by atoms with Crippen LogP contribution in [-0.2, 0) is 27.8 Å². The predicted molar refractivity (Wildman–Crippen MR) is 106 cm³/mol. The lowest BCUT2D eigenvalue weighted by Crippen LogP contribution is -2.33. The highest BCUT2D eigenvalue weighted by atomic mass is 79.9. The molecule has 5 nitrogen and oxygen atoms in total. The second-order valence-corrected chi connectivity index (χ2v) is 9.25. The van der Waals surface area contributed by atoms with E-state index in [1.54, 1.807) is 17.0 Å². The first-order valence-corrected chi connectivity index (χ1v) is 10.6. The molecule has 0 aromatic heterocycles. The molecule has 0 aliphatic carbocycles. The summed E-state index contributed by atoms with van der Waals surface area (Å²) >= 11 is 3.38. The molecule has 1 heterocycles. The number of anilines is 1. The van der Waals surface area contributed by atoms with Crippen molar-refractivity contribution in [3.8, 4) is 0 Å². The first-order chi connectivity index (χ1) is 12.2. The number of carbonyl (C=O) groups is 1. The largest absolute Gasteiger partial charge is 0.309 e. The van der Waals surface area contributed by atoms with Gasteiger partial charge in [-0.15, -0.1) is 0 Å². The van der Waals surface area contributed by atoms with Crippen LogP contribution in [-0.4, -0.2) is 20.4 Å². The molecule has 2 aromatic rings. The Bertz CT molecular complexity index is 955. The monoisotopic (exact) mass is 436 g/mol. The molecule has 3 rings (SSSR count). The van der Waals surface area contributed by atoms with Gasteiger partial charge in [0.1, 0.15) is 0 Å². The van der Waals surface area contributed by atoms with Gasteiger partial charge < -0.3 is 4.90 Å². The molecule has 1 atom stereocenters. The van der Waals surface area contributed by atoms with Gasteiger partial charge in [-0.25, -0.2) is 13.1 Å². The summed E-state index contributed by atoms with van der Waals surface area (Å²) in [4.78, 5) is 13.7. The Balaban J connectivity index is 1.90. The summed E-state index contributed by atoms with van der Waals surface area (Å²) in [6.07, 6.45) is 0.713. The second kappa shape index (κ2) is 7.13. The van der Waals surface area contributed by atoms with Crippen LogP contribution in [0.3, 0.4) is 0 Å². The molecule has 0 radical (unpaired) electrons. The molecule has 138 valence electrons. The van der Waals surface area contributed by atoms with Crippen LogP contribution in [0, 0.1) is 6.92 Å². The van der Waals surface area contributed by atoms with Crippen molar-refractivity contribution in [3.63, 3.8) is 0 Å². The van der Waals surface area contributed by atoms with E-state index in [4.69, 9.17) is 0 Å². The van der Waals surface area contributed by atoms with E-state index in [9.17, 15) is 13.2 Å². The lowest BCUT2D eigenvalue weighted by atomic mass is 10.1. The third-order valence-corrected chi connectivity index (χ3v) is 6.92. The van der Waals surface area contributed by atoms with Crippen LogP contribution in [0.15, 0.2) is 45.8 Å². The van der Waals surface area contributed by atoms with Crippen molar-refractivity contribution in [1.29, 1.82) is 0 Å². The van der Waals surface area contributed by atoms with Crippen LogP contribution in [0.4, 0.5) is 5.69 Å². The highest BCUT2D eigenvalue weighted by Crippen LogP contribution is 2.37. The summed E-state index contributed by atoms with van der Waals surface area (Å²) < 4.78 is 28.8. The average Bonchev–Trinajstić information content (AvgIpc) is 2.88. The maximum Gasteiger partial charge on any atom is 0.242 e. The van der Waals surface area contributed by atoms with Gasteiger partial charge in [-0.3, -0.25) is 4.79 Å². The molecule has 7 heteroatoms. The Labute approximate surface area is 162 Å². The zero-order valence-electron chi connectivity index (χ0n) is 14.9. The van der Waals surface area contributed by atoms with E-state index < -0.39 is 10.0 Å². The molecule has 0 fully saturated rings. The summed E-state index contributed by atoms with van der Waals surface area (Å²) in [5.41, 5.74) is 3.65. The standard InChI is InChI=1S/C19H21BrN2O3S/c1-12-4-6-15(7-5-12)11-21-26(24,25)19-10-18-16(9-17(19)20)8-13(2)22(18)14(3)23/h4-7,9-10,13,21H,8,11H2,1-3H3. The van der Waals surface area contributed by atoms with E-state index in [1.807, 2.05) is 38.1 Å². The van der Waals surface area contributed by atoms with Gasteiger partial charge >= 0.3 is 0 Å². The van der Waals surface area contributed by atoms with Gasteiger partial charge in [0.25, 0.3) is 0 Å². The van der Waals surface area contributed by atoms with Crippen molar-refractivity contribution >= 4 is 37.5 Å². The Morgan fingerprint density at radius 1 is 1.27 bits per heavy atom.